The van der Waals surface area contributed by atoms with Gasteiger partial charge in [-0.05, 0) is 62.2 Å². The molecule has 1 atom stereocenters. The van der Waals surface area contributed by atoms with Crippen molar-refractivity contribution in [2.45, 2.75) is 38.6 Å². The number of rotatable bonds is 9. The summed E-state index contributed by atoms with van der Waals surface area (Å²) >= 11 is 5.89. The number of amides is 2. The predicted molar refractivity (Wildman–Crippen MR) is 123 cm³/mol. The molecule has 0 heterocycles. The fraction of sp³-hybridized carbons (Fsp3) is 0.364. The lowest BCUT2D eigenvalue weighted by atomic mass is 10.0. The number of anilines is 1. The second kappa shape index (κ2) is 10.7. The van der Waals surface area contributed by atoms with E-state index < -0.39 is 22.0 Å². The Kier molecular flexibility index (Phi) is 8.61. The van der Waals surface area contributed by atoms with Gasteiger partial charge in [-0.2, -0.15) is 4.72 Å². The van der Waals surface area contributed by atoms with Crippen molar-refractivity contribution in [3.8, 4) is 0 Å². The minimum Gasteiger partial charge on any atom is -0.339 e. The lowest BCUT2D eigenvalue weighted by Crippen LogP contribution is -2.47. The van der Waals surface area contributed by atoms with Gasteiger partial charge < -0.3 is 10.2 Å². The van der Waals surface area contributed by atoms with Crippen LogP contribution in [0.2, 0.25) is 5.02 Å². The zero-order valence-electron chi connectivity index (χ0n) is 18.1. The van der Waals surface area contributed by atoms with Crippen LogP contribution in [0.3, 0.4) is 0 Å². The number of halogens is 1. The minimum atomic E-state index is -3.94. The van der Waals surface area contributed by atoms with Crippen LogP contribution < -0.4 is 10.0 Å². The second-order valence-electron chi connectivity index (χ2n) is 7.34. The van der Waals surface area contributed by atoms with Gasteiger partial charge in [-0.1, -0.05) is 31.5 Å². The maximum absolute atomic E-state index is 12.8. The van der Waals surface area contributed by atoms with Crippen molar-refractivity contribution < 1.29 is 18.0 Å². The van der Waals surface area contributed by atoms with Crippen molar-refractivity contribution in [3.05, 3.63) is 59.1 Å². The third-order valence-corrected chi connectivity index (χ3v) is 6.46. The molecular weight excluding hydrogens is 438 g/mol. The Morgan fingerprint density at radius 1 is 1.03 bits per heavy atom. The van der Waals surface area contributed by atoms with Gasteiger partial charge in [0, 0.05) is 29.4 Å². The lowest BCUT2D eigenvalue weighted by molar-refractivity contribution is -0.118. The fourth-order valence-corrected chi connectivity index (χ4v) is 4.62. The van der Waals surface area contributed by atoms with Gasteiger partial charge in [-0.3, -0.25) is 9.59 Å². The highest BCUT2D eigenvalue weighted by Gasteiger charge is 2.28. The largest absolute Gasteiger partial charge is 0.339 e. The van der Waals surface area contributed by atoms with Crippen LogP contribution in [0.15, 0.2) is 53.4 Å². The summed E-state index contributed by atoms with van der Waals surface area (Å²) in [5.74, 6) is -0.891. The highest BCUT2D eigenvalue weighted by Crippen LogP contribution is 2.18. The van der Waals surface area contributed by atoms with Crippen molar-refractivity contribution in [3.63, 3.8) is 0 Å². The van der Waals surface area contributed by atoms with E-state index in [4.69, 9.17) is 11.6 Å². The number of benzene rings is 2. The predicted octanol–water partition coefficient (Wildman–Crippen LogP) is 3.76. The highest BCUT2D eigenvalue weighted by molar-refractivity contribution is 7.89. The summed E-state index contributed by atoms with van der Waals surface area (Å²) in [7, 11) is -3.94. The summed E-state index contributed by atoms with van der Waals surface area (Å²) in [4.78, 5) is 26.9. The molecule has 2 aromatic rings. The number of sulfonamides is 1. The minimum absolute atomic E-state index is 0.0160. The van der Waals surface area contributed by atoms with Gasteiger partial charge in [0.05, 0.1) is 4.90 Å². The molecule has 7 nitrogen and oxygen atoms in total. The van der Waals surface area contributed by atoms with Gasteiger partial charge in [0.15, 0.2) is 0 Å². The van der Waals surface area contributed by atoms with E-state index >= 15 is 0 Å². The molecule has 0 unspecified atom stereocenters. The van der Waals surface area contributed by atoms with Gasteiger partial charge in [-0.15, -0.1) is 0 Å². The number of carbonyl (C=O) groups is 2. The van der Waals surface area contributed by atoms with Crippen molar-refractivity contribution >= 4 is 39.1 Å². The standard InChI is InChI=1S/C22H28ClN3O4S/c1-5-26(6-2)22(28)16-10-12-18(13-11-16)24-21(27)20(15(3)4)25-31(29,30)19-9-7-8-17(23)14-19/h7-15,20,25H,5-6H2,1-4H3,(H,24,27)/t20-/m0/s1. The van der Waals surface area contributed by atoms with E-state index in [0.29, 0.717) is 24.3 Å². The Balaban J connectivity index is 2.15. The first-order chi connectivity index (χ1) is 14.6. The quantitative estimate of drug-likeness (QED) is 0.589. The molecule has 0 spiro atoms. The molecule has 0 radical (unpaired) electrons. The Morgan fingerprint density at radius 3 is 2.16 bits per heavy atom. The molecule has 31 heavy (non-hydrogen) atoms. The molecule has 0 aliphatic heterocycles. The van der Waals surface area contributed by atoms with Gasteiger partial charge in [-0.25, -0.2) is 8.42 Å². The van der Waals surface area contributed by atoms with Gasteiger partial charge in [0.25, 0.3) is 5.91 Å². The average molecular weight is 466 g/mol. The van der Waals surface area contributed by atoms with Crippen molar-refractivity contribution in [2.75, 3.05) is 18.4 Å². The SMILES string of the molecule is CCN(CC)C(=O)c1ccc(NC(=O)[C@@H](NS(=O)(=O)c2cccc(Cl)c2)C(C)C)cc1. The summed E-state index contributed by atoms with van der Waals surface area (Å²) in [6, 6.07) is 11.4. The lowest BCUT2D eigenvalue weighted by Gasteiger charge is -2.22. The Hall–Kier alpha value is -2.42. The molecule has 9 heteroatoms. The van der Waals surface area contributed by atoms with Crippen LogP contribution in [0, 0.1) is 5.92 Å². The summed E-state index contributed by atoms with van der Waals surface area (Å²) in [6.07, 6.45) is 0. The van der Waals surface area contributed by atoms with E-state index in [-0.39, 0.29) is 21.7 Å². The zero-order chi connectivity index (χ0) is 23.2. The summed E-state index contributed by atoms with van der Waals surface area (Å²) < 4.78 is 27.9. The molecule has 0 aliphatic carbocycles. The summed E-state index contributed by atoms with van der Waals surface area (Å²) in [5.41, 5.74) is 0.984. The van der Waals surface area contributed by atoms with Crippen LogP contribution in [0.4, 0.5) is 5.69 Å². The molecule has 168 valence electrons. The molecule has 0 aliphatic rings. The van der Waals surface area contributed by atoms with E-state index in [1.165, 1.54) is 18.2 Å². The van der Waals surface area contributed by atoms with Gasteiger partial charge in [0.1, 0.15) is 6.04 Å². The number of nitrogens with one attached hydrogen (secondary N) is 2. The fourth-order valence-electron chi connectivity index (χ4n) is 2.97. The molecule has 0 bridgehead atoms. The Bertz CT molecular complexity index is 1020. The number of carbonyl (C=O) groups excluding carboxylic acids is 2. The van der Waals surface area contributed by atoms with Crippen LogP contribution in [-0.4, -0.2) is 44.3 Å². The summed E-state index contributed by atoms with van der Waals surface area (Å²) in [5, 5.41) is 3.00. The third kappa shape index (κ3) is 6.53. The van der Waals surface area contributed by atoms with E-state index in [2.05, 4.69) is 10.0 Å². The van der Waals surface area contributed by atoms with Crippen LogP contribution in [0.1, 0.15) is 38.1 Å². The van der Waals surface area contributed by atoms with Crippen LogP contribution in [0.25, 0.3) is 0 Å². The van der Waals surface area contributed by atoms with Crippen LogP contribution in [-0.2, 0) is 14.8 Å². The zero-order valence-corrected chi connectivity index (χ0v) is 19.6. The maximum Gasteiger partial charge on any atom is 0.253 e. The molecule has 0 aromatic heterocycles. The number of hydrogen-bond acceptors (Lipinski definition) is 4. The molecule has 2 rings (SSSR count). The topological polar surface area (TPSA) is 95.6 Å². The van der Waals surface area contributed by atoms with E-state index in [1.807, 2.05) is 13.8 Å². The van der Waals surface area contributed by atoms with Crippen LogP contribution >= 0.6 is 11.6 Å². The first kappa shape index (κ1) is 24.8. The Morgan fingerprint density at radius 2 is 1.65 bits per heavy atom. The van der Waals surface area contributed by atoms with Crippen molar-refractivity contribution in [1.82, 2.24) is 9.62 Å². The molecule has 0 fully saturated rings. The van der Waals surface area contributed by atoms with Gasteiger partial charge in [0.2, 0.25) is 15.9 Å². The number of nitrogens with zero attached hydrogens (tertiary/aromatic N) is 1. The van der Waals surface area contributed by atoms with E-state index in [1.54, 1.807) is 49.1 Å². The normalized spacial score (nSPS) is 12.5. The molecule has 2 N–H and O–H groups in total. The maximum atomic E-state index is 12.8. The third-order valence-electron chi connectivity index (χ3n) is 4.79. The van der Waals surface area contributed by atoms with E-state index in [9.17, 15) is 18.0 Å². The first-order valence-corrected chi connectivity index (χ1v) is 11.9. The first-order valence-electron chi connectivity index (χ1n) is 10.1. The van der Waals surface area contributed by atoms with Crippen molar-refractivity contribution in [2.24, 2.45) is 5.92 Å². The molecule has 2 aromatic carbocycles. The smallest absolute Gasteiger partial charge is 0.253 e. The molecule has 2 amide bonds. The van der Waals surface area contributed by atoms with Crippen molar-refractivity contribution in [1.29, 1.82) is 0 Å². The number of hydrogen-bond donors (Lipinski definition) is 2. The monoisotopic (exact) mass is 465 g/mol. The highest BCUT2D eigenvalue weighted by atomic mass is 35.5. The van der Waals surface area contributed by atoms with Crippen LogP contribution in [0.5, 0.6) is 0 Å². The van der Waals surface area contributed by atoms with E-state index in [0.717, 1.165) is 0 Å². The molecular formula is C22H28ClN3O4S. The molecule has 0 saturated carbocycles. The summed E-state index contributed by atoms with van der Waals surface area (Å²) in [6.45, 7) is 8.53. The molecule has 0 saturated heterocycles. The average Bonchev–Trinajstić information content (AvgIpc) is 2.73. The Labute approximate surface area is 188 Å². The van der Waals surface area contributed by atoms with Gasteiger partial charge >= 0.3 is 0 Å². The second-order valence-corrected chi connectivity index (χ2v) is 9.49.